The number of hydrogen-bond acceptors (Lipinski definition) is 2. The molecule has 1 amide bonds. The van der Waals surface area contributed by atoms with Crippen LogP contribution in [0.1, 0.15) is 24.8 Å². The van der Waals surface area contributed by atoms with E-state index in [0.717, 1.165) is 17.9 Å². The molecule has 0 heterocycles. The molecule has 2 fully saturated rings. The summed E-state index contributed by atoms with van der Waals surface area (Å²) in [6.45, 7) is 0.219. The first-order valence-corrected chi connectivity index (χ1v) is 7.69. The highest BCUT2D eigenvalue weighted by Gasteiger charge is 2.51. The molecule has 0 saturated heterocycles. The van der Waals surface area contributed by atoms with Crippen molar-refractivity contribution in [3.8, 4) is 0 Å². The Morgan fingerprint density at radius 3 is 2.57 bits per heavy atom. The maximum Gasteiger partial charge on any atom is 0.308 e. The van der Waals surface area contributed by atoms with Crippen molar-refractivity contribution < 1.29 is 14.7 Å². The van der Waals surface area contributed by atoms with E-state index in [0.29, 0.717) is 12.3 Å². The third-order valence-electron chi connectivity index (χ3n) is 4.60. The molecule has 0 radical (unpaired) electrons. The van der Waals surface area contributed by atoms with Gasteiger partial charge in [0.15, 0.2) is 0 Å². The van der Waals surface area contributed by atoms with E-state index in [-0.39, 0.29) is 18.4 Å². The predicted octanol–water partition coefficient (Wildman–Crippen LogP) is 2.09. The van der Waals surface area contributed by atoms with Crippen molar-refractivity contribution in [2.75, 3.05) is 6.54 Å². The van der Waals surface area contributed by atoms with Gasteiger partial charge in [0.1, 0.15) is 0 Å². The second-order valence-corrected chi connectivity index (χ2v) is 6.31. The normalized spacial score (nSPS) is 25.1. The summed E-state index contributed by atoms with van der Waals surface area (Å²) in [5.41, 5.74) is 0.987. The molecule has 0 unspecified atom stereocenters. The van der Waals surface area contributed by atoms with Gasteiger partial charge in [0.05, 0.1) is 5.92 Å². The number of amides is 1. The Hall–Kier alpha value is -1.84. The van der Waals surface area contributed by atoms with Crippen LogP contribution in [0.25, 0.3) is 0 Å². The van der Waals surface area contributed by atoms with Gasteiger partial charge in [0, 0.05) is 12.5 Å². The number of carbonyl (C=O) groups is 2. The number of carboxylic acids is 1. The third kappa shape index (κ3) is 3.63. The summed E-state index contributed by atoms with van der Waals surface area (Å²) in [6, 6.07) is 9.55. The number of rotatable bonds is 7. The van der Waals surface area contributed by atoms with E-state index in [1.165, 1.54) is 12.8 Å². The molecule has 1 aromatic rings. The molecular formula is C17H21NO3. The van der Waals surface area contributed by atoms with Crippen LogP contribution in [0.15, 0.2) is 30.3 Å². The number of hydrogen-bond donors (Lipinski definition) is 2. The van der Waals surface area contributed by atoms with Crippen molar-refractivity contribution in [3.63, 3.8) is 0 Å². The fraction of sp³-hybridized carbons (Fsp3) is 0.529. The molecule has 2 aliphatic carbocycles. The van der Waals surface area contributed by atoms with Crippen LogP contribution in [0.3, 0.4) is 0 Å². The highest BCUT2D eigenvalue weighted by molar-refractivity contribution is 5.82. The van der Waals surface area contributed by atoms with Crippen LogP contribution in [0.2, 0.25) is 0 Å². The molecule has 0 spiro atoms. The quantitative estimate of drug-likeness (QED) is 0.807. The molecule has 4 nitrogen and oxygen atoms in total. The molecule has 0 aromatic heterocycles. The minimum atomic E-state index is -0.853. The second-order valence-electron chi connectivity index (χ2n) is 6.31. The van der Waals surface area contributed by atoms with E-state index in [1.807, 2.05) is 30.3 Å². The maximum absolute atomic E-state index is 12.0. The van der Waals surface area contributed by atoms with Crippen molar-refractivity contribution in [2.45, 2.75) is 25.7 Å². The van der Waals surface area contributed by atoms with Crippen LogP contribution in [0.5, 0.6) is 0 Å². The molecule has 2 saturated carbocycles. The average Bonchev–Trinajstić information content (AvgIpc) is 3.35. The van der Waals surface area contributed by atoms with Crippen molar-refractivity contribution in [2.24, 2.45) is 23.7 Å². The maximum atomic E-state index is 12.0. The van der Waals surface area contributed by atoms with Crippen LogP contribution < -0.4 is 5.32 Å². The van der Waals surface area contributed by atoms with Gasteiger partial charge in [-0.3, -0.25) is 9.59 Å². The van der Waals surface area contributed by atoms with Gasteiger partial charge >= 0.3 is 5.97 Å². The molecule has 2 N–H and O–H groups in total. The molecule has 3 atom stereocenters. The SMILES string of the molecule is O=C(O)[C@H](CNC(=O)[C@H]1C[C@@H]1C1CC1)Cc1ccccc1. The summed E-state index contributed by atoms with van der Waals surface area (Å²) < 4.78 is 0. The van der Waals surface area contributed by atoms with Crippen LogP contribution in [-0.2, 0) is 16.0 Å². The monoisotopic (exact) mass is 287 g/mol. The van der Waals surface area contributed by atoms with E-state index in [9.17, 15) is 14.7 Å². The van der Waals surface area contributed by atoms with Crippen molar-refractivity contribution >= 4 is 11.9 Å². The Morgan fingerprint density at radius 1 is 1.24 bits per heavy atom. The lowest BCUT2D eigenvalue weighted by Gasteiger charge is -2.13. The van der Waals surface area contributed by atoms with Gasteiger partial charge < -0.3 is 10.4 Å². The van der Waals surface area contributed by atoms with Gasteiger partial charge in [-0.2, -0.15) is 0 Å². The molecule has 21 heavy (non-hydrogen) atoms. The van der Waals surface area contributed by atoms with Crippen molar-refractivity contribution in [3.05, 3.63) is 35.9 Å². The highest BCUT2D eigenvalue weighted by atomic mass is 16.4. The summed E-state index contributed by atoms with van der Waals surface area (Å²) in [5.74, 6) is 0.112. The van der Waals surface area contributed by atoms with Gasteiger partial charge in [0.25, 0.3) is 0 Å². The minimum Gasteiger partial charge on any atom is -0.481 e. The fourth-order valence-electron chi connectivity index (χ4n) is 3.06. The Morgan fingerprint density at radius 2 is 1.95 bits per heavy atom. The van der Waals surface area contributed by atoms with E-state index in [2.05, 4.69) is 5.32 Å². The standard InChI is InChI=1S/C17H21NO3/c19-16(15-9-14(15)12-6-7-12)18-10-13(17(20)21)8-11-4-2-1-3-5-11/h1-5,12-15H,6-10H2,(H,18,19)(H,20,21)/t13-,14+,15-/m0/s1. The van der Waals surface area contributed by atoms with Gasteiger partial charge in [-0.05, 0) is 43.1 Å². The van der Waals surface area contributed by atoms with E-state index < -0.39 is 11.9 Å². The Bertz CT molecular complexity index is 524. The molecule has 0 bridgehead atoms. The van der Waals surface area contributed by atoms with Crippen LogP contribution >= 0.6 is 0 Å². The lowest BCUT2D eigenvalue weighted by atomic mass is 9.99. The average molecular weight is 287 g/mol. The van der Waals surface area contributed by atoms with E-state index in [4.69, 9.17) is 0 Å². The van der Waals surface area contributed by atoms with Gasteiger partial charge in [-0.15, -0.1) is 0 Å². The smallest absolute Gasteiger partial charge is 0.308 e. The molecule has 4 heteroatoms. The molecule has 0 aliphatic heterocycles. The molecule has 3 rings (SSSR count). The lowest BCUT2D eigenvalue weighted by molar-refractivity contribution is -0.141. The van der Waals surface area contributed by atoms with Gasteiger partial charge in [-0.25, -0.2) is 0 Å². The first kappa shape index (κ1) is 14.1. The topological polar surface area (TPSA) is 66.4 Å². The van der Waals surface area contributed by atoms with Crippen molar-refractivity contribution in [1.29, 1.82) is 0 Å². The second kappa shape index (κ2) is 5.88. The first-order chi connectivity index (χ1) is 10.1. The lowest BCUT2D eigenvalue weighted by Crippen LogP contribution is -2.35. The van der Waals surface area contributed by atoms with Crippen LogP contribution in [-0.4, -0.2) is 23.5 Å². The summed E-state index contributed by atoms with van der Waals surface area (Å²) in [5, 5.41) is 12.1. The highest BCUT2D eigenvalue weighted by Crippen LogP contribution is 2.54. The van der Waals surface area contributed by atoms with Crippen molar-refractivity contribution in [1.82, 2.24) is 5.32 Å². The summed E-state index contributed by atoms with van der Waals surface area (Å²) in [4.78, 5) is 23.4. The Balaban J connectivity index is 1.49. The van der Waals surface area contributed by atoms with E-state index >= 15 is 0 Å². The summed E-state index contributed by atoms with van der Waals surface area (Å²) in [6.07, 6.45) is 3.97. The zero-order chi connectivity index (χ0) is 14.8. The molecular weight excluding hydrogens is 266 g/mol. The van der Waals surface area contributed by atoms with Crippen LogP contribution in [0, 0.1) is 23.7 Å². The third-order valence-corrected chi connectivity index (χ3v) is 4.60. The zero-order valence-electron chi connectivity index (χ0n) is 12.0. The number of carbonyl (C=O) groups excluding carboxylic acids is 1. The number of aliphatic carboxylic acids is 1. The number of carboxylic acid groups (broad SMARTS) is 1. The predicted molar refractivity (Wildman–Crippen MR) is 78.6 cm³/mol. The number of benzene rings is 1. The van der Waals surface area contributed by atoms with Gasteiger partial charge in [-0.1, -0.05) is 30.3 Å². The summed E-state index contributed by atoms with van der Waals surface area (Å²) >= 11 is 0. The fourth-order valence-corrected chi connectivity index (χ4v) is 3.06. The largest absolute Gasteiger partial charge is 0.481 e. The van der Waals surface area contributed by atoms with Gasteiger partial charge in [0.2, 0.25) is 5.91 Å². The minimum absolute atomic E-state index is 0.0474. The molecule has 2 aliphatic rings. The van der Waals surface area contributed by atoms with E-state index in [1.54, 1.807) is 0 Å². The summed E-state index contributed by atoms with van der Waals surface area (Å²) in [7, 11) is 0. The number of nitrogens with one attached hydrogen (secondary N) is 1. The molecule has 1 aromatic carbocycles. The Labute approximate surface area is 124 Å². The zero-order valence-corrected chi connectivity index (χ0v) is 12.0. The Kier molecular flexibility index (Phi) is 3.95. The van der Waals surface area contributed by atoms with Crippen LogP contribution in [0.4, 0.5) is 0 Å². The molecule has 112 valence electrons. The first-order valence-electron chi connectivity index (χ1n) is 7.69.